The molecule has 0 aromatic heterocycles. The molecular weight excluding hydrogens is 526 g/mol. The van der Waals surface area contributed by atoms with E-state index < -0.39 is 18.2 Å². The molecule has 40 heavy (non-hydrogen) atoms. The topological polar surface area (TPSA) is 79.2 Å². The third-order valence-electron chi connectivity index (χ3n) is 8.44. The fourth-order valence-electron chi connectivity index (χ4n) is 6.00. The van der Waals surface area contributed by atoms with Crippen molar-refractivity contribution < 1.29 is 24.5 Å². The van der Waals surface area contributed by atoms with Gasteiger partial charge in [0.15, 0.2) is 6.10 Å². The van der Waals surface area contributed by atoms with Crippen LogP contribution in [-0.2, 0) is 16.0 Å². The van der Waals surface area contributed by atoms with Crippen LogP contribution < -0.4 is 9.64 Å². The Hall–Kier alpha value is -2.54. The minimum Gasteiger partial charge on any atom is -0.491 e. The normalized spacial score (nSPS) is 22.1. The average molecular weight is 570 g/mol. The van der Waals surface area contributed by atoms with Crippen LogP contribution in [0.25, 0.3) is 0 Å². The SMILES string of the molecule is CCCC/C=C/C(O)C1CCC1CN1CC(c2ccc(Cl)cc2CCC)COc2ccc(C(O)C(=O)OC)cc21. The molecule has 0 radical (unpaired) electrons. The van der Waals surface area contributed by atoms with Gasteiger partial charge in [-0.2, -0.15) is 0 Å². The lowest BCUT2D eigenvalue weighted by Gasteiger charge is -2.42. The molecule has 2 aromatic rings. The number of unbranched alkanes of at least 4 members (excludes halogenated alkanes) is 2. The Balaban J connectivity index is 1.63. The van der Waals surface area contributed by atoms with Crippen molar-refractivity contribution in [1.82, 2.24) is 0 Å². The number of fused-ring (bicyclic) bond motifs is 1. The quantitative estimate of drug-likeness (QED) is 0.170. The summed E-state index contributed by atoms with van der Waals surface area (Å²) in [6.07, 6.45) is 9.56. The molecule has 1 fully saturated rings. The summed E-state index contributed by atoms with van der Waals surface area (Å²) in [4.78, 5) is 14.4. The monoisotopic (exact) mass is 569 g/mol. The largest absolute Gasteiger partial charge is 0.491 e. The molecule has 5 unspecified atom stereocenters. The van der Waals surface area contributed by atoms with Gasteiger partial charge in [-0.15, -0.1) is 0 Å². The molecule has 2 aliphatic rings. The number of anilines is 1. The van der Waals surface area contributed by atoms with Crippen molar-refractivity contribution in [3.8, 4) is 5.75 Å². The van der Waals surface area contributed by atoms with Crippen molar-refractivity contribution in [3.05, 3.63) is 70.3 Å². The molecule has 6 nitrogen and oxygen atoms in total. The van der Waals surface area contributed by atoms with E-state index in [-0.39, 0.29) is 11.8 Å². The summed E-state index contributed by atoms with van der Waals surface area (Å²) in [5, 5.41) is 22.3. The first-order valence-electron chi connectivity index (χ1n) is 14.8. The predicted octanol–water partition coefficient (Wildman–Crippen LogP) is 6.62. The van der Waals surface area contributed by atoms with E-state index in [1.807, 2.05) is 24.3 Å². The predicted molar refractivity (Wildman–Crippen MR) is 160 cm³/mol. The first-order valence-corrected chi connectivity index (χ1v) is 15.1. The van der Waals surface area contributed by atoms with E-state index in [2.05, 4.69) is 37.0 Å². The standard InChI is InChI=1S/C33H44ClNO5/c1-4-6-7-8-10-30(36)28-14-11-24(28)19-35-20-25(27-15-13-26(34)17-22(27)9-5-2)21-40-31-16-12-23(18-29(31)35)32(37)33(38)39-3/h8,10,12-13,15-18,24-25,28,30,32,36-37H,4-7,9,11,14,19-21H2,1-3H3/b10-8+. The number of aliphatic hydroxyl groups excluding tert-OH is 2. The number of carbonyl (C=O) groups excluding carboxylic acids is 1. The van der Waals surface area contributed by atoms with Gasteiger partial charge in [-0.3, -0.25) is 0 Å². The summed E-state index contributed by atoms with van der Waals surface area (Å²) < 4.78 is 11.2. The Kier molecular flexibility index (Phi) is 10.9. The fourth-order valence-corrected chi connectivity index (χ4v) is 6.20. The minimum atomic E-state index is -1.37. The summed E-state index contributed by atoms with van der Waals surface area (Å²) in [5.41, 5.74) is 3.81. The summed E-state index contributed by atoms with van der Waals surface area (Å²) >= 11 is 6.37. The molecule has 0 saturated heterocycles. The number of hydrogen-bond acceptors (Lipinski definition) is 6. The number of allylic oxidation sites excluding steroid dienone is 1. The van der Waals surface area contributed by atoms with Gasteiger partial charge in [-0.25, -0.2) is 4.79 Å². The van der Waals surface area contributed by atoms with Crippen LogP contribution in [0.4, 0.5) is 5.69 Å². The maximum absolute atomic E-state index is 12.1. The Morgan fingerprint density at radius 1 is 1.18 bits per heavy atom. The van der Waals surface area contributed by atoms with E-state index in [9.17, 15) is 15.0 Å². The lowest BCUT2D eigenvalue weighted by atomic mass is 9.70. The number of benzene rings is 2. The van der Waals surface area contributed by atoms with E-state index in [0.717, 1.165) is 74.5 Å². The highest BCUT2D eigenvalue weighted by Gasteiger charge is 2.38. The van der Waals surface area contributed by atoms with Crippen LogP contribution in [-0.4, -0.2) is 49.1 Å². The first-order chi connectivity index (χ1) is 19.4. The van der Waals surface area contributed by atoms with E-state index in [1.54, 1.807) is 6.07 Å². The van der Waals surface area contributed by atoms with Crippen LogP contribution in [0.3, 0.4) is 0 Å². The van der Waals surface area contributed by atoms with Gasteiger partial charge in [0.1, 0.15) is 5.75 Å². The van der Waals surface area contributed by atoms with Gasteiger partial charge in [-0.05, 0) is 78.5 Å². The van der Waals surface area contributed by atoms with Crippen molar-refractivity contribution in [2.24, 2.45) is 11.8 Å². The molecule has 0 bridgehead atoms. The number of carbonyl (C=O) groups is 1. The molecule has 5 atom stereocenters. The van der Waals surface area contributed by atoms with Gasteiger partial charge in [0.25, 0.3) is 0 Å². The van der Waals surface area contributed by atoms with Gasteiger partial charge in [0.05, 0.1) is 25.5 Å². The molecule has 0 spiro atoms. The molecule has 2 N–H and O–H groups in total. The van der Waals surface area contributed by atoms with E-state index in [0.29, 0.717) is 18.1 Å². The van der Waals surface area contributed by atoms with E-state index >= 15 is 0 Å². The third kappa shape index (κ3) is 7.20. The van der Waals surface area contributed by atoms with Crippen LogP contribution in [0.5, 0.6) is 5.75 Å². The summed E-state index contributed by atoms with van der Waals surface area (Å²) in [5.74, 6) is 0.676. The van der Waals surface area contributed by atoms with Crippen LogP contribution in [0.2, 0.25) is 5.02 Å². The molecular formula is C33H44ClNO5. The number of methoxy groups -OCH3 is 1. The van der Waals surface area contributed by atoms with Crippen LogP contribution in [0.1, 0.15) is 81.1 Å². The van der Waals surface area contributed by atoms with Gasteiger partial charge in [0, 0.05) is 24.0 Å². The molecule has 218 valence electrons. The number of aliphatic hydroxyl groups is 2. The number of nitrogens with zero attached hydrogens (tertiary/aromatic N) is 1. The van der Waals surface area contributed by atoms with Gasteiger partial charge in [-0.1, -0.05) is 69.0 Å². The Morgan fingerprint density at radius 2 is 2.00 bits per heavy atom. The van der Waals surface area contributed by atoms with Gasteiger partial charge >= 0.3 is 5.97 Å². The number of rotatable bonds is 12. The van der Waals surface area contributed by atoms with Crippen molar-refractivity contribution >= 4 is 23.3 Å². The summed E-state index contributed by atoms with van der Waals surface area (Å²) in [6.45, 7) is 6.33. The first kappa shape index (κ1) is 30.4. The second-order valence-electron chi connectivity index (χ2n) is 11.2. The third-order valence-corrected chi connectivity index (χ3v) is 8.67. The van der Waals surface area contributed by atoms with Crippen LogP contribution >= 0.6 is 11.6 Å². The number of hydrogen-bond donors (Lipinski definition) is 2. The van der Waals surface area contributed by atoms with E-state index in [4.69, 9.17) is 21.1 Å². The highest BCUT2D eigenvalue weighted by atomic mass is 35.5. The molecule has 7 heteroatoms. The van der Waals surface area contributed by atoms with E-state index in [1.165, 1.54) is 18.2 Å². The molecule has 1 heterocycles. The molecule has 1 aliphatic carbocycles. The smallest absolute Gasteiger partial charge is 0.339 e. The highest BCUT2D eigenvalue weighted by Crippen LogP contribution is 2.43. The lowest BCUT2D eigenvalue weighted by molar-refractivity contribution is -0.150. The minimum absolute atomic E-state index is 0.109. The van der Waals surface area contributed by atoms with Crippen LogP contribution in [0, 0.1) is 11.8 Å². The zero-order valence-corrected chi connectivity index (χ0v) is 24.8. The lowest BCUT2D eigenvalue weighted by Crippen LogP contribution is -2.44. The van der Waals surface area contributed by atoms with Crippen molar-refractivity contribution in [2.45, 2.75) is 76.9 Å². The Bertz CT molecular complexity index is 1170. The van der Waals surface area contributed by atoms with Crippen LogP contribution in [0.15, 0.2) is 48.6 Å². The molecule has 1 saturated carbocycles. The second-order valence-corrected chi connectivity index (χ2v) is 11.7. The van der Waals surface area contributed by atoms with Crippen molar-refractivity contribution in [1.29, 1.82) is 0 Å². The number of halogens is 1. The van der Waals surface area contributed by atoms with Crippen molar-refractivity contribution in [2.75, 3.05) is 31.7 Å². The van der Waals surface area contributed by atoms with Gasteiger partial charge in [0.2, 0.25) is 0 Å². The second kappa shape index (κ2) is 14.4. The average Bonchev–Trinajstić information content (AvgIpc) is 3.12. The Morgan fingerprint density at radius 3 is 2.70 bits per heavy atom. The number of aryl methyl sites for hydroxylation is 1. The Labute approximate surface area is 243 Å². The maximum atomic E-state index is 12.1. The fraction of sp³-hybridized carbons (Fsp3) is 0.545. The maximum Gasteiger partial charge on any atom is 0.339 e. The molecule has 0 amide bonds. The number of esters is 1. The van der Waals surface area contributed by atoms with Crippen molar-refractivity contribution in [3.63, 3.8) is 0 Å². The summed E-state index contributed by atoms with van der Waals surface area (Å²) in [7, 11) is 1.27. The summed E-state index contributed by atoms with van der Waals surface area (Å²) in [6, 6.07) is 11.6. The molecule has 2 aromatic carbocycles. The zero-order valence-electron chi connectivity index (χ0n) is 24.0. The molecule has 4 rings (SSSR count). The molecule has 1 aliphatic heterocycles. The van der Waals surface area contributed by atoms with Gasteiger partial charge < -0.3 is 24.6 Å². The highest BCUT2D eigenvalue weighted by molar-refractivity contribution is 6.30. The zero-order chi connectivity index (χ0) is 28.6. The number of ether oxygens (including phenoxy) is 2.